The maximum Gasteiger partial charge on any atom is 0.321 e. The van der Waals surface area contributed by atoms with E-state index in [1.54, 1.807) is 12.1 Å². The highest BCUT2D eigenvalue weighted by Gasteiger charge is 2.36. The number of aliphatic hydroxyl groups is 2. The molecule has 0 unspecified atom stereocenters. The van der Waals surface area contributed by atoms with Gasteiger partial charge >= 0.3 is 6.03 Å². The number of urea groups is 1. The maximum absolute atomic E-state index is 13.1. The summed E-state index contributed by atoms with van der Waals surface area (Å²) in [6.45, 7) is -0.102. The number of ether oxygens (including phenoxy) is 1. The molecule has 2 amide bonds. The van der Waals surface area contributed by atoms with Gasteiger partial charge in [0.1, 0.15) is 23.0 Å². The summed E-state index contributed by atoms with van der Waals surface area (Å²) in [6.07, 6.45) is -1.55. The Morgan fingerprint density at radius 2 is 2.28 bits per heavy atom. The summed E-state index contributed by atoms with van der Waals surface area (Å²) < 4.78 is 18.6. The highest BCUT2D eigenvalue weighted by molar-refractivity contribution is 7.15. The van der Waals surface area contributed by atoms with Crippen molar-refractivity contribution in [1.29, 1.82) is 0 Å². The summed E-state index contributed by atoms with van der Waals surface area (Å²) >= 11 is 1.13. The smallest absolute Gasteiger partial charge is 0.321 e. The highest BCUT2D eigenvalue weighted by Crippen LogP contribution is 2.35. The molecule has 8 nitrogen and oxygen atoms in total. The molecule has 0 spiro atoms. The minimum Gasteiger partial charge on any atom is -0.394 e. The normalized spacial score (nSPS) is 22.8. The Labute approximate surface area is 146 Å². The molecule has 25 heavy (non-hydrogen) atoms. The number of aliphatic hydroxyl groups excluding tert-OH is 2. The van der Waals surface area contributed by atoms with E-state index in [9.17, 15) is 14.3 Å². The summed E-state index contributed by atoms with van der Waals surface area (Å²) in [5, 5.41) is 32.5. The first-order valence-corrected chi connectivity index (χ1v) is 8.44. The van der Waals surface area contributed by atoms with Crippen molar-refractivity contribution in [2.45, 2.75) is 31.3 Å². The molecule has 2 heterocycles. The van der Waals surface area contributed by atoms with Gasteiger partial charge in [0.25, 0.3) is 0 Å². The van der Waals surface area contributed by atoms with Crippen LogP contribution in [0, 0.1) is 5.82 Å². The number of hydrogen-bond donors (Lipinski definition) is 4. The number of nitrogens with zero attached hydrogens (tertiary/aromatic N) is 2. The van der Waals surface area contributed by atoms with E-state index in [1.165, 1.54) is 12.1 Å². The van der Waals surface area contributed by atoms with Gasteiger partial charge in [-0.05, 0) is 17.7 Å². The van der Waals surface area contributed by atoms with Crippen molar-refractivity contribution in [3.05, 3.63) is 40.7 Å². The number of halogens is 1. The van der Waals surface area contributed by atoms with E-state index in [4.69, 9.17) is 9.84 Å². The molecule has 0 aliphatic carbocycles. The van der Waals surface area contributed by atoms with Crippen molar-refractivity contribution in [2.75, 3.05) is 11.9 Å². The Morgan fingerprint density at radius 1 is 1.44 bits per heavy atom. The van der Waals surface area contributed by atoms with E-state index >= 15 is 0 Å². The Morgan fingerprint density at radius 3 is 3.00 bits per heavy atom. The van der Waals surface area contributed by atoms with Gasteiger partial charge in [-0.15, -0.1) is 10.2 Å². The summed E-state index contributed by atoms with van der Waals surface area (Å²) in [7, 11) is 0. The van der Waals surface area contributed by atoms with E-state index in [0.717, 1.165) is 11.3 Å². The minimum atomic E-state index is -0.759. The number of benzene rings is 1. The van der Waals surface area contributed by atoms with E-state index in [1.807, 2.05) is 0 Å². The van der Waals surface area contributed by atoms with E-state index in [2.05, 4.69) is 20.8 Å². The average Bonchev–Trinajstić information content (AvgIpc) is 3.19. The molecule has 2 aromatic rings. The van der Waals surface area contributed by atoms with Crippen LogP contribution in [-0.2, 0) is 11.3 Å². The zero-order chi connectivity index (χ0) is 17.8. The standard InChI is InChI=1S/C15H17FN4O4S/c16-9-3-1-2-8(4-9)6-17-14(23)18-15-20-19-13(25-15)11-5-10(22)12(7-21)24-11/h1-4,10-12,21-22H,5-7H2,(H2,17,18,20,23)/t10-,11-,12+/m0/s1. The Balaban J connectivity index is 1.52. The van der Waals surface area contributed by atoms with Crippen LogP contribution in [0.1, 0.15) is 23.1 Å². The number of aromatic nitrogens is 2. The van der Waals surface area contributed by atoms with E-state index < -0.39 is 24.3 Å². The number of carbonyl (C=O) groups excluding carboxylic acids is 1. The molecule has 1 aromatic carbocycles. The fourth-order valence-corrected chi connectivity index (χ4v) is 3.23. The summed E-state index contributed by atoms with van der Waals surface area (Å²) in [6, 6.07) is 5.44. The summed E-state index contributed by atoms with van der Waals surface area (Å²) in [4.78, 5) is 11.9. The maximum atomic E-state index is 13.1. The molecule has 4 N–H and O–H groups in total. The van der Waals surface area contributed by atoms with Gasteiger partial charge in [0, 0.05) is 13.0 Å². The summed E-state index contributed by atoms with van der Waals surface area (Å²) in [5.74, 6) is -0.367. The Hall–Kier alpha value is -2.14. The molecule has 1 aliphatic heterocycles. The van der Waals surface area contributed by atoms with Gasteiger partial charge in [0.2, 0.25) is 5.13 Å². The molecule has 10 heteroatoms. The van der Waals surface area contributed by atoms with Gasteiger partial charge in [-0.1, -0.05) is 23.5 Å². The van der Waals surface area contributed by atoms with Crippen LogP contribution >= 0.6 is 11.3 Å². The molecule has 1 aromatic heterocycles. The average molecular weight is 368 g/mol. The SMILES string of the molecule is O=C(NCc1cccc(F)c1)Nc1nnc([C@@H]2C[C@H](O)[C@@H](CO)O2)s1. The lowest BCUT2D eigenvalue weighted by molar-refractivity contribution is -0.0227. The van der Waals surface area contributed by atoms with Crippen LogP contribution in [0.4, 0.5) is 14.3 Å². The second kappa shape index (κ2) is 7.83. The quantitative estimate of drug-likeness (QED) is 0.630. The molecular weight excluding hydrogens is 351 g/mol. The second-order valence-corrected chi connectivity index (χ2v) is 6.54. The predicted molar refractivity (Wildman–Crippen MR) is 87.5 cm³/mol. The number of hydrogen-bond acceptors (Lipinski definition) is 7. The Kier molecular flexibility index (Phi) is 5.53. The third-order valence-corrected chi connectivity index (χ3v) is 4.61. The molecule has 0 saturated carbocycles. The van der Waals surface area contributed by atoms with Crippen LogP contribution in [0.15, 0.2) is 24.3 Å². The topological polar surface area (TPSA) is 117 Å². The van der Waals surface area contributed by atoms with Gasteiger partial charge in [-0.25, -0.2) is 9.18 Å². The molecule has 3 rings (SSSR count). The van der Waals surface area contributed by atoms with Crippen molar-refractivity contribution in [3.8, 4) is 0 Å². The predicted octanol–water partition coefficient (Wildman–Crippen LogP) is 1.18. The minimum absolute atomic E-state index is 0.172. The van der Waals surface area contributed by atoms with Gasteiger partial charge in [0.15, 0.2) is 0 Å². The highest BCUT2D eigenvalue weighted by atomic mass is 32.1. The monoisotopic (exact) mass is 368 g/mol. The second-order valence-electron chi connectivity index (χ2n) is 5.53. The summed E-state index contributed by atoms with van der Waals surface area (Å²) in [5.41, 5.74) is 0.636. The lowest BCUT2D eigenvalue weighted by atomic mass is 10.1. The van der Waals surface area contributed by atoms with Crippen LogP contribution in [0.5, 0.6) is 0 Å². The lowest BCUT2D eigenvalue weighted by Crippen LogP contribution is -2.28. The van der Waals surface area contributed by atoms with E-state index in [-0.39, 0.29) is 24.1 Å². The molecule has 134 valence electrons. The molecule has 1 aliphatic rings. The molecule has 3 atom stereocenters. The van der Waals surface area contributed by atoms with Crippen LogP contribution < -0.4 is 10.6 Å². The fraction of sp³-hybridized carbons (Fsp3) is 0.400. The molecule has 1 saturated heterocycles. The third-order valence-electron chi connectivity index (χ3n) is 3.68. The van der Waals surface area contributed by atoms with Crippen LogP contribution in [0.25, 0.3) is 0 Å². The fourth-order valence-electron chi connectivity index (χ4n) is 2.44. The molecule has 0 radical (unpaired) electrons. The van der Waals surface area contributed by atoms with Crippen LogP contribution in [0.2, 0.25) is 0 Å². The third kappa shape index (κ3) is 4.48. The molecular formula is C15H17FN4O4S. The van der Waals surface area contributed by atoms with E-state index in [0.29, 0.717) is 17.0 Å². The number of anilines is 1. The number of carbonyl (C=O) groups is 1. The zero-order valence-corrected chi connectivity index (χ0v) is 13.9. The van der Waals surface area contributed by atoms with Crippen molar-refractivity contribution in [3.63, 3.8) is 0 Å². The van der Waals surface area contributed by atoms with Gasteiger partial charge < -0.3 is 20.3 Å². The number of rotatable bonds is 5. The van der Waals surface area contributed by atoms with Crippen LogP contribution in [0.3, 0.4) is 0 Å². The molecule has 0 bridgehead atoms. The van der Waals surface area contributed by atoms with Gasteiger partial charge in [-0.2, -0.15) is 0 Å². The van der Waals surface area contributed by atoms with Crippen molar-refractivity contribution in [2.24, 2.45) is 0 Å². The first-order valence-electron chi connectivity index (χ1n) is 7.62. The largest absolute Gasteiger partial charge is 0.394 e. The zero-order valence-electron chi connectivity index (χ0n) is 13.1. The molecule has 1 fully saturated rings. The van der Waals surface area contributed by atoms with Crippen molar-refractivity contribution >= 4 is 22.5 Å². The number of amides is 2. The lowest BCUT2D eigenvalue weighted by Gasteiger charge is -2.09. The Bertz CT molecular complexity index is 744. The van der Waals surface area contributed by atoms with Crippen molar-refractivity contribution < 1.29 is 24.1 Å². The van der Waals surface area contributed by atoms with Crippen LogP contribution in [-0.4, -0.2) is 45.3 Å². The van der Waals surface area contributed by atoms with Crippen molar-refractivity contribution in [1.82, 2.24) is 15.5 Å². The first-order chi connectivity index (χ1) is 12.0. The van der Waals surface area contributed by atoms with Gasteiger partial charge in [0.05, 0.1) is 12.7 Å². The first kappa shape index (κ1) is 17.7. The number of nitrogens with one attached hydrogen (secondary N) is 2. The van der Waals surface area contributed by atoms with Gasteiger partial charge in [-0.3, -0.25) is 5.32 Å².